The summed E-state index contributed by atoms with van der Waals surface area (Å²) in [5.74, 6) is -0.780. The Morgan fingerprint density at radius 3 is 2.22 bits per heavy atom. The third-order valence-electron chi connectivity index (χ3n) is 6.04. The minimum Gasteiger partial charge on any atom is -0.378 e. The predicted octanol–water partition coefficient (Wildman–Crippen LogP) is 5.63. The molecule has 6 nitrogen and oxygen atoms in total. The van der Waals surface area contributed by atoms with Crippen molar-refractivity contribution in [3.63, 3.8) is 0 Å². The van der Waals surface area contributed by atoms with Crippen molar-refractivity contribution in [1.82, 2.24) is 4.90 Å². The highest BCUT2D eigenvalue weighted by Crippen LogP contribution is 2.37. The average molecular weight is 542 g/mol. The fourth-order valence-corrected chi connectivity index (χ4v) is 5.03. The summed E-state index contributed by atoms with van der Waals surface area (Å²) >= 11 is 18.4. The van der Waals surface area contributed by atoms with E-state index in [0.717, 1.165) is 21.8 Å². The number of nitrogens with one attached hydrogen (secondary N) is 1. The smallest absolute Gasteiger partial charge is 0.257 e. The second kappa shape index (κ2) is 11.3. The van der Waals surface area contributed by atoms with E-state index in [1.165, 1.54) is 0 Å². The number of amides is 2. The average Bonchev–Trinajstić information content (AvgIpc) is 3.14. The van der Waals surface area contributed by atoms with Gasteiger partial charge in [0.2, 0.25) is 5.91 Å². The van der Waals surface area contributed by atoms with Crippen molar-refractivity contribution in [1.29, 1.82) is 0 Å². The summed E-state index contributed by atoms with van der Waals surface area (Å²) in [7, 11) is 3.94. The number of imide groups is 1. The summed E-state index contributed by atoms with van der Waals surface area (Å²) in [4.78, 5) is 31.5. The Bertz CT molecular complexity index is 1250. The largest absolute Gasteiger partial charge is 0.378 e. The normalized spacial score (nSPS) is 15.2. The molecule has 36 heavy (non-hydrogen) atoms. The number of anilines is 3. The number of thiocarbonyl (C=S) groups is 1. The zero-order chi connectivity index (χ0) is 25.8. The number of hydrogen-bond donors (Lipinski definition) is 1. The maximum absolute atomic E-state index is 13.6. The number of nitrogens with zero attached hydrogens (tertiary/aromatic N) is 3. The molecule has 1 aliphatic heterocycles. The molecule has 3 aromatic rings. The Balaban J connectivity index is 1.60. The Morgan fingerprint density at radius 2 is 1.61 bits per heavy atom. The van der Waals surface area contributed by atoms with Crippen molar-refractivity contribution in [3.05, 3.63) is 88.4 Å². The van der Waals surface area contributed by atoms with E-state index in [9.17, 15) is 9.59 Å². The van der Waals surface area contributed by atoms with Crippen molar-refractivity contribution in [3.8, 4) is 0 Å². The predicted molar refractivity (Wildman–Crippen MR) is 151 cm³/mol. The second-order valence-electron chi connectivity index (χ2n) is 8.66. The lowest BCUT2D eigenvalue weighted by atomic mass is 10.1. The van der Waals surface area contributed by atoms with E-state index in [1.807, 2.05) is 73.6 Å². The molecule has 1 saturated heterocycles. The molecule has 1 N–H and O–H groups in total. The molecular formula is C27H26Cl2N4O2S. The summed E-state index contributed by atoms with van der Waals surface area (Å²) in [6, 6.07) is 21.8. The number of hydrogen-bond acceptors (Lipinski definition) is 4. The van der Waals surface area contributed by atoms with E-state index in [1.54, 1.807) is 23.1 Å². The summed E-state index contributed by atoms with van der Waals surface area (Å²) in [6.45, 7) is 0.444. The molecule has 1 heterocycles. The van der Waals surface area contributed by atoms with Crippen LogP contribution in [0.1, 0.15) is 12.0 Å². The molecule has 9 heteroatoms. The standard InChI is InChI=1S/C27H26Cl2N4O2S/c1-31(2)20-13-11-19(12-14-20)30-27(36)32(16-15-18-7-4-3-5-8-18)23-17-24(34)33(26(23)35)25-21(28)9-6-10-22(25)29/h3-14,23H,15-17H2,1-2H3,(H,30,36)/t23-/m1/s1. The maximum Gasteiger partial charge on any atom is 0.257 e. The third-order valence-corrected chi connectivity index (χ3v) is 6.99. The lowest BCUT2D eigenvalue weighted by Gasteiger charge is -2.30. The van der Waals surface area contributed by atoms with E-state index in [-0.39, 0.29) is 28.1 Å². The Morgan fingerprint density at radius 1 is 0.972 bits per heavy atom. The number of rotatable bonds is 7. The Hall–Kier alpha value is -3.13. The van der Waals surface area contributed by atoms with Crippen LogP contribution < -0.4 is 15.1 Å². The molecule has 186 valence electrons. The Labute approximate surface area is 226 Å². The van der Waals surface area contributed by atoms with E-state index >= 15 is 0 Å². The molecule has 1 aliphatic rings. The number of halogens is 2. The van der Waals surface area contributed by atoms with Crippen LogP contribution in [0.25, 0.3) is 0 Å². The molecule has 3 aromatic carbocycles. The first-order valence-corrected chi connectivity index (χ1v) is 12.6. The summed E-state index contributed by atoms with van der Waals surface area (Å²) in [6.07, 6.45) is 0.615. The number of benzene rings is 3. The quantitative estimate of drug-likeness (QED) is 0.309. The second-order valence-corrected chi connectivity index (χ2v) is 9.86. The fourth-order valence-electron chi connectivity index (χ4n) is 4.13. The zero-order valence-electron chi connectivity index (χ0n) is 19.9. The molecule has 2 amide bonds. The maximum atomic E-state index is 13.6. The van der Waals surface area contributed by atoms with Crippen molar-refractivity contribution in [2.24, 2.45) is 0 Å². The van der Waals surface area contributed by atoms with Crippen LogP contribution >= 0.6 is 35.4 Å². The van der Waals surface area contributed by atoms with Gasteiger partial charge in [0.25, 0.3) is 5.91 Å². The fraction of sp³-hybridized carbons (Fsp3) is 0.222. The van der Waals surface area contributed by atoms with Crippen molar-refractivity contribution in [2.45, 2.75) is 18.9 Å². The number of carbonyl (C=O) groups excluding carboxylic acids is 2. The molecule has 0 aliphatic carbocycles. The van der Waals surface area contributed by atoms with Gasteiger partial charge in [-0.1, -0.05) is 59.6 Å². The van der Waals surface area contributed by atoms with E-state index in [0.29, 0.717) is 18.1 Å². The van der Waals surface area contributed by atoms with Gasteiger partial charge < -0.3 is 15.1 Å². The van der Waals surface area contributed by atoms with Crippen LogP contribution in [0.5, 0.6) is 0 Å². The number of para-hydroxylation sites is 1. The molecule has 4 rings (SSSR count). The minimum atomic E-state index is -0.783. The molecule has 0 radical (unpaired) electrons. The lowest BCUT2D eigenvalue weighted by Crippen LogP contribution is -2.48. The highest BCUT2D eigenvalue weighted by Gasteiger charge is 2.44. The van der Waals surface area contributed by atoms with Gasteiger partial charge in [-0.25, -0.2) is 4.90 Å². The van der Waals surface area contributed by atoms with Crippen LogP contribution in [0.4, 0.5) is 17.1 Å². The lowest BCUT2D eigenvalue weighted by molar-refractivity contribution is -0.122. The van der Waals surface area contributed by atoms with Gasteiger partial charge in [0.15, 0.2) is 5.11 Å². The van der Waals surface area contributed by atoms with E-state index < -0.39 is 11.9 Å². The summed E-state index contributed by atoms with van der Waals surface area (Å²) < 4.78 is 0. The highest BCUT2D eigenvalue weighted by atomic mass is 35.5. The summed E-state index contributed by atoms with van der Waals surface area (Å²) in [5.41, 5.74) is 3.15. The molecule has 1 atom stereocenters. The topological polar surface area (TPSA) is 55.9 Å². The number of carbonyl (C=O) groups is 2. The molecule has 0 saturated carbocycles. The van der Waals surface area contributed by atoms with Crippen molar-refractivity contribution in [2.75, 3.05) is 35.8 Å². The van der Waals surface area contributed by atoms with Gasteiger partial charge in [-0.3, -0.25) is 9.59 Å². The van der Waals surface area contributed by atoms with E-state index in [2.05, 4.69) is 5.32 Å². The first-order chi connectivity index (χ1) is 17.3. The van der Waals surface area contributed by atoms with Gasteiger partial charge in [0.05, 0.1) is 22.2 Å². The molecule has 1 fully saturated rings. The van der Waals surface area contributed by atoms with Gasteiger partial charge in [0, 0.05) is 32.0 Å². The van der Waals surface area contributed by atoms with Crippen LogP contribution in [-0.2, 0) is 16.0 Å². The molecule has 0 spiro atoms. The van der Waals surface area contributed by atoms with Gasteiger partial charge in [-0.15, -0.1) is 0 Å². The van der Waals surface area contributed by atoms with Crippen molar-refractivity contribution < 1.29 is 9.59 Å². The first-order valence-electron chi connectivity index (χ1n) is 11.5. The van der Waals surface area contributed by atoms with Crippen LogP contribution in [0.15, 0.2) is 72.8 Å². The monoisotopic (exact) mass is 540 g/mol. The third kappa shape index (κ3) is 5.64. The van der Waals surface area contributed by atoms with Crippen LogP contribution in [0, 0.1) is 0 Å². The highest BCUT2D eigenvalue weighted by molar-refractivity contribution is 7.80. The molecule has 0 bridgehead atoms. The van der Waals surface area contributed by atoms with Gasteiger partial charge in [0.1, 0.15) is 6.04 Å². The van der Waals surface area contributed by atoms with Gasteiger partial charge in [-0.2, -0.15) is 0 Å². The Kier molecular flexibility index (Phi) is 8.14. The van der Waals surface area contributed by atoms with Gasteiger partial charge in [-0.05, 0) is 60.6 Å². The molecule has 0 aromatic heterocycles. The zero-order valence-corrected chi connectivity index (χ0v) is 22.3. The molecule has 0 unspecified atom stereocenters. The van der Waals surface area contributed by atoms with Crippen LogP contribution in [0.3, 0.4) is 0 Å². The van der Waals surface area contributed by atoms with Gasteiger partial charge >= 0.3 is 0 Å². The molecular weight excluding hydrogens is 515 g/mol. The van der Waals surface area contributed by atoms with Crippen molar-refractivity contribution >= 4 is 69.4 Å². The van der Waals surface area contributed by atoms with Crippen LogP contribution in [-0.4, -0.2) is 48.5 Å². The minimum absolute atomic E-state index is 0.0312. The van der Waals surface area contributed by atoms with E-state index in [4.69, 9.17) is 35.4 Å². The summed E-state index contributed by atoms with van der Waals surface area (Å²) in [5, 5.41) is 4.08. The first kappa shape index (κ1) is 25.9. The van der Waals surface area contributed by atoms with Crippen LogP contribution in [0.2, 0.25) is 10.0 Å². The SMILES string of the molecule is CN(C)c1ccc(NC(=S)N(CCc2ccccc2)[C@@H]2CC(=O)N(c3c(Cl)cccc3Cl)C2=O)cc1.